The van der Waals surface area contributed by atoms with E-state index in [1.807, 2.05) is 0 Å². The first-order valence-corrected chi connectivity index (χ1v) is 8.75. The van der Waals surface area contributed by atoms with Crippen LogP contribution in [0.5, 0.6) is 0 Å². The highest BCUT2D eigenvalue weighted by Crippen LogP contribution is 2.35. The molecule has 0 atom stereocenters. The Morgan fingerprint density at radius 2 is 1.44 bits per heavy atom. The standard InChI is InChI=1S/C19H20N2O4/c22-17(20-9-11-25-12-10-20)13-5-7-14(8-6-13)21-18(23)15-3-1-2-4-16(15)19(21)24/h5-8H,1-4,9-12H2. The lowest BCUT2D eigenvalue weighted by Gasteiger charge is -2.27. The number of morpholine rings is 1. The maximum Gasteiger partial charge on any atom is 0.261 e. The summed E-state index contributed by atoms with van der Waals surface area (Å²) in [5, 5.41) is 0. The van der Waals surface area contributed by atoms with E-state index in [2.05, 4.69) is 0 Å². The molecular weight excluding hydrogens is 320 g/mol. The van der Waals surface area contributed by atoms with Gasteiger partial charge in [-0.3, -0.25) is 14.4 Å². The fourth-order valence-corrected chi connectivity index (χ4v) is 3.68. The van der Waals surface area contributed by atoms with Crippen molar-refractivity contribution >= 4 is 23.4 Å². The Kier molecular flexibility index (Phi) is 4.13. The van der Waals surface area contributed by atoms with Crippen LogP contribution in [0.2, 0.25) is 0 Å². The highest BCUT2D eigenvalue weighted by atomic mass is 16.5. The molecule has 2 heterocycles. The van der Waals surface area contributed by atoms with Crippen molar-refractivity contribution in [2.24, 2.45) is 0 Å². The number of benzene rings is 1. The number of imide groups is 1. The van der Waals surface area contributed by atoms with E-state index >= 15 is 0 Å². The van der Waals surface area contributed by atoms with Crippen LogP contribution in [0, 0.1) is 0 Å². The van der Waals surface area contributed by atoms with Gasteiger partial charge >= 0.3 is 0 Å². The van der Waals surface area contributed by atoms with Gasteiger partial charge in [0.2, 0.25) is 0 Å². The summed E-state index contributed by atoms with van der Waals surface area (Å²) in [4.78, 5) is 40.6. The Balaban J connectivity index is 1.54. The van der Waals surface area contributed by atoms with Crippen molar-refractivity contribution < 1.29 is 19.1 Å². The molecule has 1 saturated heterocycles. The van der Waals surface area contributed by atoms with Crippen LogP contribution in [0.1, 0.15) is 36.0 Å². The van der Waals surface area contributed by atoms with E-state index < -0.39 is 0 Å². The minimum Gasteiger partial charge on any atom is -0.378 e. The molecule has 0 bridgehead atoms. The molecule has 0 saturated carbocycles. The van der Waals surface area contributed by atoms with Crippen LogP contribution in [0.15, 0.2) is 35.4 Å². The van der Waals surface area contributed by atoms with Gasteiger partial charge < -0.3 is 9.64 Å². The number of rotatable bonds is 2. The Morgan fingerprint density at radius 3 is 2.00 bits per heavy atom. The molecule has 6 nitrogen and oxygen atoms in total. The van der Waals surface area contributed by atoms with Gasteiger partial charge in [-0.1, -0.05) is 0 Å². The molecule has 130 valence electrons. The van der Waals surface area contributed by atoms with Crippen molar-refractivity contribution in [1.29, 1.82) is 0 Å². The van der Waals surface area contributed by atoms with Crippen LogP contribution in [-0.4, -0.2) is 48.9 Å². The second kappa shape index (κ2) is 6.44. The third-order valence-electron chi connectivity index (χ3n) is 5.06. The van der Waals surface area contributed by atoms with E-state index in [0.717, 1.165) is 12.8 Å². The number of amides is 3. The molecule has 2 aliphatic heterocycles. The third-order valence-corrected chi connectivity index (χ3v) is 5.06. The van der Waals surface area contributed by atoms with Crippen molar-refractivity contribution in [1.82, 2.24) is 4.90 Å². The first kappa shape index (κ1) is 16.0. The zero-order valence-corrected chi connectivity index (χ0v) is 14.0. The summed E-state index contributed by atoms with van der Waals surface area (Å²) in [5.74, 6) is -0.453. The molecular formula is C19H20N2O4. The summed E-state index contributed by atoms with van der Waals surface area (Å²) in [6, 6.07) is 6.74. The molecule has 3 amide bonds. The normalized spacial score (nSPS) is 21.0. The van der Waals surface area contributed by atoms with E-state index in [4.69, 9.17) is 4.74 Å². The molecule has 0 radical (unpaired) electrons. The van der Waals surface area contributed by atoms with Gasteiger partial charge in [-0.25, -0.2) is 4.90 Å². The van der Waals surface area contributed by atoms with E-state index in [0.29, 0.717) is 61.5 Å². The number of nitrogens with zero attached hydrogens (tertiary/aromatic N) is 2. The average Bonchev–Trinajstić information content (AvgIpc) is 2.93. The Hall–Kier alpha value is -2.47. The monoisotopic (exact) mass is 340 g/mol. The van der Waals surface area contributed by atoms with E-state index in [1.165, 1.54) is 4.90 Å². The summed E-state index contributed by atoms with van der Waals surface area (Å²) in [7, 11) is 0. The maximum atomic E-state index is 12.6. The highest BCUT2D eigenvalue weighted by molar-refractivity contribution is 6.33. The molecule has 1 aromatic rings. The largest absolute Gasteiger partial charge is 0.378 e. The molecule has 1 fully saturated rings. The fraction of sp³-hybridized carbons (Fsp3) is 0.421. The second-order valence-electron chi connectivity index (χ2n) is 6.56. The van der Waals surface area contributed by atoms with Gasteiger partial charge in [0.15, 0.2) is 0 Å². The smallest absolute Gasteiger partial charge is 0.261 e. The van der Waals surface area contributed by atoms with Crippen molar-refractivity contribution in [3.05, 3.63) is 41.0 Å². The molecule has 0 spiro atoms. The maximum absolute atomic E-state index is 12.6. The number of carbonyl (C=O) groups is 3. The highest BCUT2D eigenvalue weighted by Gasteiger charge is 2.39. The summed E-state index contributed by atoms with van der Waals surface area (Å²) in [6.45, 7) is 2.27. The van der Waals surface area contributed by atoms with Crippen molar-refractivity contribution in [2.45, 2.75) is 25.7 Å². The molecule has 0 unspecified atom stereocenters. The molecule has 1 aromatic carbocycles. The minimum atomic E-state index is -0.202. The predicted molar refractivity (Wildman–Crippen MR) is 91.2 cm³/mol. The SMILES string of the molecule is O=C(c1ccc(N2C(=O)C3=C(CCCC3)C2=O)cc1)N1CCOCC1. The van der Waals surface area contributed by atoms with Gasteiger partial charge in [-0.05, 0) is 49.9 Å². The van der Waals surface area contributed by atoms with Crippen LogP contribution in [0.4, 0.5) is 5.69 Å². The lowest BCUT2D eigenvalue weighted by Crippen LogP contribution is -2.40. The summed E-state index contributed by atoms with van der Waals surface area (Å²) < 4.78 is 5.26. The van der Waals surface area contributed by atoms with Crippen LogP contribution in [-0.2, 0) is 14.3 Å². The average molecular weight is 340 g/mol. The van der Waals surface area contributed by atoms with Gasteiger partial charge in [0.1, 0.15) is 0 Å². The van der Waals surface area contributed by atoms with E-state index in [1.54, 1.807) is 29.2 Å². The molecule has 3 aliphatic rings. The van der Waals surface area contributed by atoms with Crippen LogP contribution in [0.3, 0.4) is 0 Å². The molecule has 0 N–H and O–H groups in total. The molecule has 4 rings (SSSR count). The van der Waals surface area contributed by atoms with Crippen LogP contribution in [0.25, 0.3) is 0 Å². The topological polar surface area (TPSA) is 66.9 Å². The number of hydrogen-bond donors (Lipinski definition) is 0. The number of anilines is 1. The van der Waals surface area contributed by atoms with Crippen molar-refractivity contribution in [3.63, 3.8) is 0 Å². The lowest BCUT2D eigenvalue weighted by molar-refractivity contribution is -0.120. The fourth-order valence-electron chi connectivity index (χ4n) is 3.68. The zero-order chi connectivity index (χ0) is 17.4. The second-order valence-corrected chi connectivity index (χ2v) is 6.56. The summed E-state index contributed by atoms with van der Waals surface area (Å²) in [5.41, 5.74) is 2.43. The van der Waals surface area contributed by atoms with Gasteiger partial charge in [-0.2, -0.15) is 0 Å². The van der Waals surface area contributed by atoms with Crippen molar-refractivity contribution in [2.75, 3.05) is 31.2 Å². The number of hydrogen-bond acceptors (Lipinski definition) is 4. The zero-order valence-electron chi connectivity index (χ0n) is 14.0. The first-order valence-electron chi connectivity index (χ1n) is 8.75. The van der Waals surface area contributed by atoms with E-state index in [9.17, 15) is 14.4 Å². The minimum absolute atomic E-state index is 0.0497. The lowest BCUT2D eigenvalue weighted by atomic mass is 9.93. The predicted octanol–water partition coefficient (Wildman–Crippen LogP) is 1.90. The molecule has 0 aromatic heterocycles. The number of ether oxygens (including phenoxy) is 1. The van der Waals surface area contributed by atoms with Crippen LogP contribution < -0.4 is 4.90 Å². The quantitative estimate of drug-likeness (QED) is 0.771. The summed E-state index contributed by atoms with van der Waals surface area (Å²) in [6.07, 6.45) is 3.28. The third kappa shape index (κ3) is 2.76. The first-order chi connectivity index (χ1) is 12.2. The number of carbonyl (C=O) groups excluding carboxylic acids is 3. The Bertz CT molecular complexity index is 732. The van der Waals surface area contributed by atoms with E-state index in [-0.39, 0.29) is 17.7 Å². The summed E-state index contributed by atoms with van der Waals surface area (Å²) >= 11 is 0. The van der Waals surface area contributed by atoms with Gasteiger partial charge in [0.05, 0.1) is 18.9 Å². The van der Waals surface area contributed by atoms with Gasteiger partial charge in [-0.15, -0.1) is 0 Å². The molecule has 6 heteroatoms. The Morgan fingerprint density at radius 1 is 0.880 bits per heavy atom. The molecule has 1 aliphatic carbocycles. The Labute approximate surface area is 146 Å². The molecule has 25 heavy (non-hydrogen) atoms. The van der Waals surface area contributed by atoms with Gasteiger partial charge in [0.25, 0.3) is 17.7 Å². The van der Waals surface area contributed by atoms with Gasteiger partial charge in [0, 0.05) is 29.8 Å². The van der Waals surface area contributed by atoms with Crippen LogP contribution >= 0.6 is 0 Å². The van der Waals surface area contributed by atoms with Crippen molar-refractivity contribution in [3.8, 4) is 0 Å².